The number of hydrogen-bond acceptors (Lipinski definition) is 3. The Labute approximate surface area is 163 Å². The highest BCUT2D eigenvalue weighted by atomic mass is 35.5. The molecule has 4 nitrogen and oxygen atoms in total. The van der Waals surface area contributed by atoms with E-state index in [2.05, 4.69) is 28.4 Å². The summed E-state index contributed by atoms with van der Waals surface area (Å²) < 4.78 is 0. The molecule has 2 fully saturated rings. The fraction of sp³-hybridized carbons (Fsp3) is 0.632. The summed E-state index contributed by atoms with van der Waals surface area (Å²) in [6, 6.07) is 8.43. The Hall–Kier alpha value is -0.810. The van der Waals surface area contributed by atoms with Gasteiger partial charge in [0.2, 0.25) is 5.91 Å². The van der Waals surface area contributed by atoms with Gasteiger partial charge in [-0.2, -0.15) is 0 Å². The van der Waals surface area contributed by atoms with Crippen LogP contribution in [0.3, 0.4) is 0 Å². The van der Waals surface area contributed by atoms with E-state index in [-0.39, 0.29) is 30.7 Å². The van der Waals surface area contributed by atoms with Gasteiger partial charge in [0, 0.05) is 13.1 Å². The van der Waals surface area contributed by atoms with E-state index >= 15 is 0 Å². The maximum Gasteiger partial charge on any atom is 0.240 e. The fourth-order valence-electron chi connectivity index (χ4n) is 3.83. The molecule has 3 N–H and O–H groups in total. The van der Waals surface area contributed by atoms with E-state index in [0.29, 0.717) is 6.54 Å². The Morgan fingerprint density at radius 3 is 2.24 bits per heavy atom. The van der Waals surface area contributed by atoms with E-state index in [9.17, 15) is 4.79 Å². The first-order valence-electron chi connectivity index (χ1n) is 9.04. The maximum absolute atomic E-state index is 12.5. The standard InChI is InChI=1S/C19H29N3O.2ClH/c20-19(10-4-1-5-11-19)18(23)21-14-16-8-2-3-9-17(16)15-22-12-6-7-13-22;;/h2-3,8-9H,1,4-7,10-15,20H2,(H,21,23);2*1H. The molecular weight excluding hydrogens is 357 g/mol. The highest BCUT2D eigenvalue weighted by molar-refractivity contribution is 5.86. The first kappa shape index (κ1) is 22.2. The average molecular weight is 388 g/mol. The third kappa shape index (κ3) is 5.85. The molecular formula is C19H31Cl2N3O. The van der Waals surface area contributed by atoms with Crippen molar-refractivity contribution in [2.75, 3.05) is 13.1 Å². The quantitative estimate of drug-likeness (QED) is 0.813. The topological polar surface area (TPSA) is 58.4 Å². The first-order valence-corrected chi connectivity index (χ1v) is 9.04. The summed E-state index contributed by atoms with van der Waals surface area (Å²) in [7, 11) is 0. The van der Waals surface area contributed by atoms with E-state index in [1.807, 2.05) is 6.07 Å². The lowest BCUT2D eigenvalue weighted by Crippen LogP contribution is -2.54. The normalized spacial score (nSPS) is 19.6. The lowest BCUT2D eigenvalue weighted by Gasteiger charge is -2.32. The maximum atomic E-state index is 12.5. The molecule has 6 heteroatoms. The van der Waals surface area contributed by atoms with Gasteiger partial charge in [0.25, 0.3) is 0 Å². The summed E-state index contributed by atoms with van der Waals surface area (Å²) in [6.07, 6.45) is 7.56. The van der Waals surface area contributed by atoms with Crippen LogP contribution in [0.15, 0.2) is 24.3 Å². The predicted molar refractivity (Wildman–Crippen MR) is 107 cm³/mol. The minimum atomic E-state index is -0.651. The highest BCUT2D eigenvalue weighted by Gasteiger charge is 2.34. The summed E-state index contributed by atoms with van der Waals surface area (Å²) in [4.78, 5) is 15.0. The summed E-state index contributed by atoms with van der Waals surface area (Å²) in [5, 5.41) is 3.09. The third-order valence-electron chi connectivity index (χ3n) is 5.35. The molecule has 1 aliphatic carbocycles. The van der Waals surface area contributed by atoms with Crippen molar-refractivity contribution in [3.63, 3.8) is 0 Å². The molecule has 0 aromatic heterocycles. The van der Waals surface area contributed by atoms with E-state index in [1.165, 1.54) is 43.5 Å². The van der Waals surface area contributed by atoms with Gasteiger partial charge in [-0.3, -0.25) is 9.69 Å². The van der Waals surface area contributed by atoms with Gasteiger partial charge in [-0.1, -0.05) is 43.5 Å². The number of carbonyl (C=O) groups is 1. The van der Waals surface area contributed by atoms with Crippen LogP contribution in [0.5, 0.6) is 0 Å². The van der Waals surface area contributed by atoms with Crippen molar-refractivity contribution in [2.45, 2.75) is 63.6 Å². The second-order valence-electron chi connectivity index (χ2n) is 7.15. The number of hydrogen-bond donors (Lipinski definition) is 2. The molecule has 1 aliphatic heterocycles. The van der Waals surface area contributed by atoms with E-state index in [1.54, 1.807) is 0 Å². The van der Waals surface area contributed by atoms with Crippen molar-refractivity contribution >= 4 is 30.7 Å². The van der Waals surface area contributed by atoms with Crippen molar-refractivity contribution in [3.8, 4) is 0 Å². The molecule has 1 amide bonds. The van der Waals surface area contributed by atoms with Crippen LogP contribution in [-0.2, 0) is 17.9 Å². The van der Waals surface area contributed by atoms with Crippen molar-refractivity contribution < 1.29 is 4.79 Å². The molecule has 0 bridgehead atoms. The zero-order chi connectivity index (χ0) is 16.1. The Morgan fingerprint density at radius 2 is 1.60 bits per heavy atom. The Kier molecular flexibility index (Phi) is 9.22. The summed E-state index contributed by atoms with van der Waals surface area (Å²) in [5.74, 6) is 0.0215. The second kappa shape index (κ2) is 10.4. The van der Waals surface area contributed by atoms with Crippen LogP contribution in [0.2, 0.25) is 0 Å². The van der Waals surface area contributed by atoms with Crippen LogP contribution in [0, 0.1) is 0 Å². The fourth-order valence-corrected chi connectivity index (χ4v) is 3.83. The summed E-state index contributed by atoms with van der Waals surface area (Å²) >= 11 is 0. The molecule has 1 saturated carbocycles. The number of halogens is 2. The molecule has 0 radical (unpaired) electrons. The SMILES string of the molecule is Cl.Cl.NC1(C(=O)NCc2ccccc2CN2CCCC2)CCCCC1. The number of nitrogens with one attached hydrogen (secondary N) is 1. The minimum absolute atomic E-state index is 0. The molecule has 0 unspecified atom stereocenters. The lowest BCUT2D eigenvalue weighted by molar-refractivity contribution is -0.127. The number of rotatable bonds is 5. The Morgan fingerprint density at radius 1 is 1.00 bits per heavy atom. The van der Waals surface area contributed by atoms with Gasteiger partial charge in [0.15, 0.2) is 0 Å². The number of nitrogens with two attached hydrogens (primary N) is 1. The summed E-state index contributed by atoms with van der Waals surface area (Å²) in [5.41, 5.74) is 8.20. The van der Waals surface area contributed by atoms with Gasteiger partial charge >= 0.3 is 0 Å². The molecule has 3 rings (SSSR count). The molecule has 2 aliphatic rings. The van der Waals surface area contributed by atoms with Crippen molar-refractivity contribution in [1.82, 2.24) is 10.2 Å². The van der Waals surface area contributed by atoms with E-state index in [4.69, 9.17) is 5.73 Å². The van der Waals surface area contributed by atoms with Gasteiger partial charge in [-0.25, -0.2) is 0 Å². The van der Waals surface area contributed by atoms with Crippen LogP contribution >= 0.6 is 24.8 Å². The largest absolute Gasteiger partial charge is 0.350 e. The van der Waals surface area contributed by atoms with Gasteiger partial charge in [-0.05, 0) is 49.9 Å². The van der Waals surface area contributed by atoms with E-state index in [0.717, 1.165) is 32.2 Å². The second-order valence-corrected chi connectivity index (χ2v) is 7.15. The van der Waals surface area contributed by atoms with Crippen molar-refractivity contribution in [3.05, 3.63) is 35.4 Å². The minimum Gasteiger partial charge on any atom is -0.350 e. The first-order chi connectivity index (χ1) is 11.2. The third-order valence-corrected chi connectivity index (χ3v) is 5.35. The average Bonchev–Trinajstić information content (AvgIpc) is 3.07. The van der Waals surface area contributed by atoms with E-state index < -0.39 is 5.54 Å². The van der Waals surface area contributed by atoms with Crippen LogP contribution in [0.25, 0.3) is 0 Å². The molecule has 142 valence electrons. The summed E-state index contributed by atoms with van der Waals surface area (Å²) in [6.45, 7) is 3.95. The highest BCUT2D eigenvalue weighted by Crippen LogP contribution is 2.26. The van der Waals surface area contributed by atoms with Gasteiger partial charge in [0.1, 0.15) is 0 Å². The molecule has 1 heterocycles. The number of nitrogens with zero attached hydrogens (tertiary/aromatic N) is 1. The Balaban J connectivity index is 0.00000156. The molecule has 0 spiro atoms. The van der Waals surface area contributed by atoms with Crippen molar-refractivity contribution in [2.24, 2.45) is 5.73 Å². The number of carbonyl (C=O) groups excluding carboxylic acids is 1. The van der Waals surface area contributed by atoms with Gasteiger partial charge < -0.3 is 11.1 Å². The molecule has 25 heavy (non-hydrogen) atoms. The van der Waals surface area contributed by atoms with Crippen molar-refractivity contribution in [1.29, 1.82) is 0 Å². The zero-order valence-corrected chi connectivity index (χ0v) is 16.5. The smallest absolute Gasteiger partial charge is 0.240 e. The van der Waals surface area contributed by atoms with Crippen LogP contribution in [0.4, 0.5) is 0 Å². The predicted octanol–water partition coefficient (Wildman–Crippen LogP) is 3.40. The molecule has 1 saturated heterocycles. The zero-order valence-electron chi connectivity index (χ0n) is 14.8. The van der Waals surface area contributed by atoms with Crippen LogP contribution < -0.4 is 11.1 Å². The number of amides is 1. The monoisotopic (exact) mass is 387 g/mol. The molecule has 1 aromatic rings. The number of benzene rings is 1. The van der Waals surface area contributed by atoms with Crippen LogP contribution in [-0.4, -0.2) is 29.4 Å². The lowest BCUT2D eigenvalue weighted by atomic mass is 9.82. The van der Waals surface area contributed by atoms with Crippen LogP contribution in [0.1, 0.15) is 56.1 Å². The molecule has 0 atom stereocenters. The van der Waals surface area contributed by atoms with Gasteiger partial charge in [0.05, 0.1) is 5.54 Å². The van der Waals surface area contributed by atoms with Gasteiger partial charge in [-0.15, -0.1) is 24.8 Å². The number of likely N-dealkylation sites (tertiary alicyclic amines) is 1. The molecule has 1 aromatic carbocycles. The Bertz CT molecular complexity index is 541.